The summed E-state index contributed by atoms with van der Waals surface area (Å²) in [6, 6.07) is 9.97. The average molecular weight is 384 g/mol. The fourth-order valence-electron chi connectivity index (χ4n) is 3.00. The minimum atomic E-state index is -5.79. The van der Waals surface area contributed by atoms with Gasteiger partial charge in [0.1, 0.15) is 0 Å². The molecule has 8 heteroatoms. The van der Waals surface area contributed by atoms with Crippen molar-refractivity contribution in [3.8, 4) is 11.5 Å². The number of aryl methyl sites for hydroxylation is 1. The maximum absolute atomic E-state index is 12.6. The number of methoxy groups -OCH3 is 1. The highest BCUT2D eigenvalue weighted by atomic mass is 32.2. The first-order valence-corrected chi connectivity index (χ1v) is 9.02. The van der Waals surface area contributed by atoms with Crippen molar-refractivity contribution in [3.05, 3.63) is 64.7 Å². The lowest BCUT2D eigenvalue weighted by Crippen LogP contribution is -2.28. The first-order valence-electron chi connectivity index (χ1n) is 7.61. The smallest absolute Gasteiger partial charge is 0.492 e. The number of fused-ring (bicyclic) bond motifs is 1. The van der Waals surface area contributed by atoms with Gasteiger partial charge in [0.05, 0.1) is 7.11 Å². The van der Waals surface area contributed by atoms with E-state index in [4.69, 9.17) is 4.74 Å². The molecule has 1 unspecified atom stereocenters. The number of allylic oxidation sites excluding steroid dienone is 1. The van der Waals surface area contributed by atoms with Gasteiger partial charge >= 0.3 is 15.6 Å². The normalized spacial score (nSPS) is 16.4. The second-order valence-corrected chi connectivity index (χ2v) is 7.31. The van der Waals surface area contributed by atoms with Gasteiger partial charge in [0, 0.05) is 11.5 Å². The Bertz CT molecular complexity index is 978. The van der Waals surface area contributed by atoms with Crippen LogP contribution in [0.15, 0.2) is 42.5 Å². The minimum Gasteiger partial charge on any atom is -0.492 e. The molecule has 0 fully saturated rings. The van der Waals surface area contributed by atoms with Crippen molar-refractivity contribution >= 4 is 16.2 Å². The van der Waals surface area contributed by atoms with Crippen LogP contribution >= 0.6 is 0 Å². The highest BCUT2D eigenvalue weighted by molar-refractivity contribution is 7.88. The molecule has 0 aliphatic heterocycles. The zero-order valence-corrected chi connectivity index (χ0v) is 14.7. The van der Waals surface area contributed by atoms with Crippen LogP contribution in [-0.4, -0.2) is 21.0 Å². The second kappa shape index (κ2) is 6.35. The molecule has 1 aliphatic rings. The van der Waals surface area contributed by atoms with Crippen LogP contribution in [0.25, 0.3) is 6.08 Å². The van der Waals surface area contributed by atoms with Crippen molar-refractivity contribution < 1.29 is 30.5 Å². The van der Waals surface area contributed by atoms with Crippen molar-refractivity contribution in [2.45, 2.75) is 18.3 Å². The summed E-state index contributed by atoms with van der Waals surface area (Å²) < 4.78 is 70.1. The molecule has 0 spiro atoms. The van der Waals surface area contributed by atoms with E-state index in [1.54, 1.807) is 6.07 Å². The summed E-state index contributed by atoms with van der Waals surface area (Å²) in [4.78, 5) is 0. The van der Waals surface area contributed by atoms with Gasteiger partial charge in [-0.15, -0.1) is 0 Å². The number of halogens is 3. The minimum absolute atomic E-state index is 0.0515. The van der Waals surface area contributed by atoms with Gasteiger partial charge in [-0.2, -0.15) is 21.6 Å². The van der Waals surface area contributed by atoms with Crippen LogP contribution < -0.4 is 8.92 Å². The largest absolute Gasteiger partial charge is 0.534 e. The van der Waals surface area contributed by atoms with E-state index < -0.39 is 21.4 Å². The topological polar surface area (TPSA) is 52.6 Å². The Morgan fingerprint density at radius 2 is 1.69 bits per heavy atom. The molecule has 0 saturated carbocycles. The summed E-state index contributed by atoms with van der Waals surface area (Å²) in [5, 5.41) is 0. The lowest BCUT2D eigenvalue weighted by molar-refractivity contribution is -0.0500. The molecule has 0 N–H and O–H groups in total. The summed E-state index contributed by atoms with van der Waals surface area (Å²) in [6.07, 6.45) is 3.81. The van der Waals surface area contributed by atoms with Gasteiger partial charge in [-0.05, 0) is 29.7 Å². The SMILES string of the molecule is COc1c(OS(=O)(=O)C(F)(F)F)cccc1C1C=Cc2c(C)cccc21. The van der Waals surface area contributed by atoms with E-state index >= 15 is 0 Å². The quantitative estimate of drug-likeness (QED) is 0.580. The van der Waals surface area contributed by atoms with Crippen molar-refractivity contribution in [3.63, 3.8) is 0 Å². The van der Waals surface area contributed by atoms with Crippen LogP contribution in [-0.2, 0) is 10.1 Å². The maximum Gasteiger partial charge on any atom is 0.534 e. The first-order chi connectivity index (χ1) is 12.2. The van der Waals surface area contributed by atoms with Gasteiger partial charge in [-0.3, -0.25) is 0 Å². The predicted molar refractivity (Wildman–Crippen MR) is 90.7 cm³/mol. The number of benzene rings is 2. The number of hydrogen-bond donors (Lipinski definition) is 0. The van der Waals surface area contributed by atoms with Gasteiger partial charge in [0.15, 0.2) is 11.5 Å². The van der Waals surface area contributed by atoms with E-state index in [0.29, 0.717) is 5.56 Å². The standard InChI is InChI=1S/C18H15F3O4S/c1-11-5-3-6-13-12(11)9-10-14(13)15-7-4-8-16(17(15)24-2)25-26(22,23)18(19,20)21/h3-10,14H,1-2H3. The number of ether oxygens (including phenoxy) is 1. The second-order valence-electron chi connectivity index (χ2n) is 5.78. The molecule has 0 saturated heterocycles. The van der Waals surface area contributed by atoms with Crippen LogP contribution in [0.3, 0.4) is 0 Å². The molecule has 4 nitrogen and oxygen atoms in total. The van der Waals surface area contributed by atoms with Crippen LogP contribution in [0.2, 0.25) is 0 Å². The summed E-state index contributed by atoms with van der Waals surface area (Å²) in [5.74, 6) is -0.835. The van der Waals surface area contributed by atoms with Crippen molar-refractivity contribution in [1.29, 1.82) is 0 Å². The van der Waals surface area contributed by atoms with Crippen LogP contribution in [0.1, 0.15) is 28.2 Å². The van der Waals surface area contributed by atoms with E-state index in [0.717, 1.165) is 22.8 Å². The summed E-state index contributed by atoms with van der Waals surface area (Å²) in [7, 11) is -4.54. The maximum atomic E-state index is 12.6. The molecule has 0 amide bonds. The van der Waals surface area contributed by atoms with E-state index in [1.807, 2.05) is 37.3 Å². The zero-order valence-electron chi connectivity index (χ0n) is 13.9. The molecule has 0 radical (unpaired) electrons. The van der Waals surface area contributed by atoms with E-state index in [-0.39, 0.29) is 11.7 Å². The molecule has 3 rings (SSSR count). The third-order valence-corrected chi connectivity index (χ3v) is 5.15. The van der Waals surface area contributed by atoms with Crippen LogP contribution in [0.5, 0.6) is 11.5 Å². The van der Waals surface area contributed by atoms with E-state index in [2.05, 4.69) is 4.18 Å². The number of para-hydroxylation sites is 1. The Morgan fingerprint density at radius 1 is 1.04 bits per heavy atom. The lowest BCUT2D eigenvalue weighted by Gasteiger charge is -2.19. The van der Waals surface area contributed by atoms with Gasteiger partial charge in [-0.1, -0.05) is 42.5 Å². The van der Waals surface area contributed by atoms with Gasteiger partial charge in [-0.25, -0.2) is 0 Å². The Labute approximate surface area is 149 Å². The first kappa shape index (κ1) is 18.3. The molecule has 0 bridgehead atoms. The Balaban J connectivity index is 2.07. The van der Waals surface area contributed by atoms with Crippen molar-refractivity contribution in [2.24, 2.45) is 0 Å². The fourth-order valence-corrected chi connectivity index (χ4v) is 3.46. The van der Waals surface area contributed by atoms with E-state index in [1.165, 1.54) is 13.2 Å². The van der Waals surface area contributed by atoms with Gasteiger partial charge in [0.2, 0.25) is 0 Å². The zero-order chi connectivity index (χ0) is 19.1. The summed E-state index contributed by atoms with van der Waals surface area (Å²) in [5.41, 5.74) is -1.96. The highest BCUT2D eigenvalue weighted by Crippen LogP contribution is 2.44. The molecular formula is C18H15F3O4S. The molecule has 1 atom stereocenters. The summed E-state index contributed by atoms with van der Waals surface area (Å²) >= 11 is 0. The van der Waals surface area contributed by atoms with E-state index in [9.17, 15) is 21.6 Å². The van der Waals surface area contributed by atoms with Crippen LogP contribution in [0.4, 0.5) is 13.2 Å². The monoisotopic (exact) mass is 384 g/mol. The number of hydrogen-bond acceptors (Lipinski definition) is 4. The summed E-state index contributed by atoms with van der Waals surface area (Å²) in [6.45, 7) is 1.96. The highest BCUT2D eigenvalue weighted by Gasteiger charge is 2.49. The molecule has 138 valence electrons. The fraction of sp³-hybridized carbons (Fsp3) is 0.222. The Kier molecular flexibility index (Phi) is 4.47. The average Bonchev–Trinajstić information content (AvgIpc) is 2.98. The Hall–Kier alpha value is -2.48. The molecule has 0 heterocycles. The molecule has 0 aromatic heterocycles. The van der Waals surface area contributed by atoms with Crippen LogP contribution in [0, 0.1) is 6.92 Å². The molecular weight excluding hydrogens is 369 g/mol. The van der Waals surface area contributed by atoms with Gasteiger partial charge in [0.25, 0.3) is 0 Å². The molecule has 1 aliphatic carbocycles. The van der Waals surface area contributed by atoms with Crippen molar-refractivity contribution in [2.75, 3.05) is 7.11 Å². The van der Waals surface area contributed by atoms with Gasteiger partial charge < -0.3 is 8.92 Å². The molecule has 2 aromatic rings. The molecule has 2 aromatic carbocycles. The molecule has 26 heavy (non-hydrogen) atoms. The van der Waals surface area contributed by atoms with Crippen molar-refractivity contribution in [1.82, 2.24) is 0 Å². The third kappa shape index (κ3) is 3.05. The number of rotatable bonds is 4. The third-order valence-electron chi connectivity index (χ3n) is 4.18. The lowest BCUT2D eigenvalue weighted by atomic mass is 9.91. The number of alkyl halides is 3. The Morgan fingerprint density at radius 3 is 2.35 bits per heavy atom. The predicted octanol–water partition coefficient (Wildman–Crippen LogP) is 4.39.